The van der Waals surface area contributed by atoms with E-state index >= 15 is 0 Å². The molecule has 110 valence electrons. The zero-order valence-electron chi connectivity index (χ0n) is 12.5. The topological polar surface area (TPSA) is 64.3 Å². The van der Waals surface area contributed by atoms with Gasteiger partial charge in [0.05, 0.1) is 13.0 Å². The van der Waals surface area contributed by atoms with Gasteiger partial charge in [-0.3, -0.25) is 4.79 Å². The molecule has 1 aromatic rings. The number of hydrogen-bond acceptors (Lipinski definition) is 3. The fourth-order valence-electron chi connectivity index (χ4n) is 2.91. The van der Waals surface area contributed by atoms with Crippen LogP contribution in [0.25, 0.3) is 0 Å². The lowest BCUT2D eigenvalue weighted by Gasteiger charge is -2.37. The van der Waals surface area contributed by atoms with Gasteiger partial charge in [-0.25, -0.2) is 0 Å². The molecule has 0 heterocycles. The Balaban J connectivity index is 2.11. The number of nitrogens with one attached hydrogen (secondary N) is 1. The van der Waals surface area contributed by atoms with E-state index in [-0.39, 0.29) is 11.8 Å². The summed E-state index contributed by atoms with van der Waals surface area (Å²) in [7, 11) is 1.63. The third kappa shape index (κ3) is 3.12. The molecule has 1 amide bonds. The molecule has 1 aromatic carbocycles. The Kier molecular flexibility index (Phi) is 4.33. The Bertz CT molecular complexity index is 497. The molecule has 0 spiro atoms. The summed E-state index contributed by atoms with van der Waals surface area (Å²) in [5.41, 5.74) is 7.70. The van der Waals surface area contributed by atoms with Crippen LogP contribution < -0.4 is 15.8 Å². The van der Waals surface area contributed by atoms with Crippen LogP contribution in [-0.2, 0) is 4.79 Å². The normalized spacial score (nSPS) is 26.1. The summed E-state index contributed by atoms with van der Waals surface area (Å²) in [6.07, 6.45) is 3.96. The van der Waals surface area contributed by atoms with Crippen molar-refractivity contribution < 1.29 is 9.53 Å². The molecule has 0 aliphatic heterocycles. The summed E-state index contributed by atoms with van der Waals surface area (Å²) >= 11 is 0. The molecule has 4 nitrogen and oxygen atoms in total. The van der Waals surface area contributed by atoms with E-state index < -0.39 is 5.54 Å². The van der Waals surface area contributed by atoms with Gasteiger partial charge in [0.2, 0.25) is 5.91 Å². The predicted molar refractivity (Wildman–Crippen MR) is 80.9 cm³/mol. The standard InChI is InChI=1S/C16H24N2O2/c1-11-10-12(20-3)7-8-14(11)18-15(19)13-6-4-5-9-16(13,2)17/h7-8,10,13H,4-6,9,17H2,1-3H3,(H,18,19). The van der Waals surface area contributed by atoms with Gasteiger partial charge in [0, 0.05) is 11.2 Å². The molecule has 2 rings (SSSR count). The average molecular weight is 276 g/mol. The second-order valence-electron chi connectivity index (χ2n) is 5.97. The number of hydrogen-bond donors (Lipinski definition) is 2. The monoisotopic (exact) mass is 276 g/mol. The van der Waals surface area contributed by atoms with Crippen LogP contribution in [0.4, 0.5) is 5.69 Å². The second-order valence-corrected chi connectivity index (χ2v) is 5.97. The molecule has 4 heteroatoms. The summed E-state index contributed by atoms with van der Waals surface area (Å²) in [6, 6.07) is 5.64. The number of aryl methyl sites for hydroxylation is 1. The first-order valence-corrected chi connectivity index (χ1v) is 7.18. The van der Waals surface area contributed by atoms with Gasteiger partial charge in [0.15, 0.2) is 0 Å². The van der Waals surface area contributed by atoms with Crippen LogP contribution in [0.3, 0.4) is 0 Å². The van der Waals surface area contributed by atoms with E-state index in [4.69, 9.17) is 10.5 Å². The number of carbonyl (C=O) groups excluding carboxylic acids is 1. The van der Waals surface area contributed by atoms with E-state index in [9.17, 15) is 4.79 Å². The zero-order chi connectivity index (χ0) is 14.8. The van der Waals surface area contributed by atoms with E-state index in [0.29, 0.717) is 0 Å². The fraction of sp³-hybridized carbons (Fsp3) is 0.562. The first-order valence-electron chi connectivity index (χ1n) is 7.18. The van der Waals surface area contributed by atoms with Gasteiger partial charge in [-0.15, -0.1) is 0 Å². The largest absolute Gasteiger partial charge is 0.497 e. The van der Waals surface area contributed by atoms with Gasteiger partial charge in [-0.2, -0.15) is 0 Å². The Morgan fingerprint density at radius 1 is 1.45 bits per heavy atom. The minimum atomic E-state index is -0.400. The van der Waals surface area contributed by atoms with Crippen LogP contribution in [0.1, 0.15) is 38.2 Å². The van der Waals surface area contributed by atoms with E-state index in [1.165, 1.54) is 0 Å². The van der Waals surface area contributed by atoms with Crippen molar-refractivity contribution in [3.05, 3.63) is 23.8 Å². The summed E-state index contributed by atoms with van der Waals surface area (Å²) in [5.74, 6) is 0.711. The Labute approximate surface area is 120 Å². The quantitative estimate of drug-likeness (QED) is 0.892. The molecule has 1 fully saturated rings. The zero-order valence-corrected chi connectivity index (χ0v) is 12.5. The summed E-state index contributed by atoms with van der Waals surface area (Å²) in [4.78, 5) is 12.5. The third-order valence-corrected chi connectivity index (χ3v) is 4.26. The highest BCUT2D eigenvalue weighted by atomic mass is 16.5. The number of benzene rings is 1. The molecule has 1 aliphatic rings. The van der Waals surface area contributed by atoms with E-state index in [1.807, 2.05) is 32.0 Å². The number of amides is 1. The van der Waals surface area contributed by atoms with Crippen LogP contribution in [0.15, 0.2) is 18.2 Å². The highest BCUT2D eigenvalue weighted by Crippen LogP contribution is 2.33. The van der Waals surface area contributed by atoms with Crippen molar-refractivity contribution in [1.82, 2.24) is 0 Å². The average Bonchev–Trinajstić information content (AvgIpc) is 2.40. The minimum absolute atomic E-state index is 0.0305. The van der Waals surface area contributed by atoms with E-state index in [2.05, 4.69) is 5.32 Å². The maximum atomic E-state index is 12.5. The van der Waals surface area contributed by atoms with Crippen LogP contribution in [0.5, 0.6) is 5.75 Å². The smallest absolute Gasteiger partial charge is 0.229 e. The molecule has 0 radical (unpaired) electrons. The van der Waals surface area contributed by atoms with Crippen LogP contribution in [0, 0.1) is 12.8 Å². The van der Waals surface area contributed by atoms with Gasteiger partial charge in [0.1, 0.15) is 5.75 Å². The van der Waals surface area contributed by atoms with Gasteiger partial charge in [0.25, 0.3) is 0 Å². The summed E-state index contributed by atoms with van der Waals surface area (Å²) in [6.45, 7) is 3.94. The van der Waals surface area contributed by atoms with Crippen LogP contribution >= 0.6 is 0 Å². The molecular formula is C16H24N2O2. The molecule has 0 aromatic heterocycles. The molecular weight excluding hydrogens is 252 g/mol. The first-order chi connectivity index (χ1) is 9.44. The van der Waals surface area contributed by atoms with Crippen LogP contribution in [-0.4, -0.2) is 18.6 Å². The van der Waals surface area contributed by atoms with Gasteiger partial charge < -0.3 is 15.8 Å². The van der Waals surface area contributed by atoms with Crippen molar-refractivity contribution in [1.29, 1.82) is 0 Å². The van der Waals surface area contributed by atoms with E-state index in [0.717, 1.165) is 42.7 Å². The van der Waals surface area contributed by atoms with Gasteiger partial charge in [-0.1, -0.05) is 12.8 Å². The first kappa shape index (κ1) is 14.9. The van der Waals surface area contributed by atoms with Crippen molar-refractivity contribution in [2.24, 2.45) is 11.7 Å². The second kappa shape index (κ2) is 5.83. The predicted octanol–water partition coefficient (Wildman–Crippen LogP) is 2.85. The number of methoxy groups -OCH3 is 1. The van der Waals surface area contributed by atoms with E-state index in [1.54, 1.807) is 7.11 Å². The Morgan fingerprint density at radius 3 is 2.80 bits per heavy atom. The summed E-state index contributed by atoms with van der Waals surface area (Å²) in [5, 5.41) is 3.01. The fourth-order valence-corrected chi connectivity index (χ4v) is 2.91. The van der Waals surface area contributed by atoms with Crippen molar-refractivity contribution in [2.45, 2.75) is 45.1 Å². The molecule has 0 bridgehead atoms. The van der Waals surface area contributed by atoms with Crippen molar-refractivity contribution in [3.63, 3.8) is 0 Å². The number of ether oxygens (including phenoxy) is 1. The molecule has 3 N–H and O–H groups in total. The number of anilines is 1. The highest BCUT2D eigenvalue weighted by molar-refractivity contribution is 5.94. The minimum Gasteiger partial charge on any atom is -0.497 e. The lowest BCUT2D eigenvalue weighted by molar-refractivity contribution is -0.122. The highest BCUT2D eigenvalue weighted by Gasteiger charge is 2.37. The molecule has 1 saturated carbocycles. The van der Waals surface area contributed by atoms with Gasteiger partial charge in [-0.05, 0) is 50.5 Å². The maximum absolute atomic E-state index is 12.5. The Morgan fingerprint density at radius 2 is 2.20 bits per heavy atom. The molecule has 0 saturated heterocycles. The molecule has 2 atom stereocenters. The SMILES string of the molecule is COc1ccc(NC(=O)C2CCCCC2(C)N)c(C)c1. The lowest BCUT2D eigenvalue weighted by atomic mass is 9.74. The number of carbonyl (C=O) groups is 1. The van der Waals surface area contributed by atoms with Crippen LogP contribution in [0.2, 0.25) is 0 Å². The molecule has 1 aliphatic carbocycles. The van der Waals surface area contributed by atoms with Gasteiger partial charge >= 0.3 is 0 Å². The van der Waals surface area contributed by atoms with Crippen molar-refractivity contribution in [3.8, 4) is 5.75 Å². The maximum Gasteiger partial charge on any atom is 0.229 e. The third-order valence-electron chi connectivity index (χ3n) is 4.26. The number of nitrogens with two attached hydrogens (primary N) is 1. The lowest BCUT2D eigenvalue weighted by Crippen LogP contribution is -2.51. The summed E-state index contributed by atoms with van der Waals surface area (Å²) < 4.78 is 5.17. The Hall–Kier alpha value is -1.55. The number of rotatable bonds is 3. The molecule has 20 heavy (non-hydrogen) atoms. The van der Waals surface area contributed by atoms with Crippen molar-refractivity contribution in [2.75, 3.05) is 12.4 Å². The molecule has 2 unspecified atom stereocenters. The van der Waals surface area contributed by atoms with Crippen molar-refractivity contribution >= 4 is 11.6 Å².